The topological polar surface area (TPSA) is 0 Å². The monoisotopic (exact) mass is 756 g/mol. The molecule has 0 nitrogen and oxygen atoms in total. The van der Waals surface area contributed by atoms with E-state index in [0.29, 0.717) is 0 Å². The number of hydrogen-bond acceptors (Lipinski definition) is 0. The summed E-state index contributed by atoms with van der Waals surface area (Å²) in [7, 11) is 0. The van der Waals surface area contributed by atoms with Crippen LogP contribution in [-0.4, -0.2) is 0 Å². The lowest BCUT2D eigenvalue weighted by Crippen LogP contribution is -1.90. The SMILES string of the molecule is c1ccc2cc(-c3cc4c(cc(-c5ccc6cc(-c7ccc8c(ccc9ccc%10ccccc%10c98)c7)ccc6c5)c5ccc6ccccc6c54)c4ccccc34)ccc2c1. The third kappa shape index (κ3) is 5.04. The molecule has 0 spiro atoms. The van der Waals surface area contributed by atoms with Crippen LogP contribution in [0.1, 0.15) is 0 Å². The highest BCUT2D eigenvalue weighted by molar-refractivity contribution is 6.30. The number of hydrogen-bond donors (Lipinski definition) is 0. The summed E-state index contributed by atoms with van der Waals surface area (Å²) in [6.45, 7) is 0. The molecule has 13 aromatic carbocycles. The second-order valence-corrected chi connectivity index (χ2v) is 16.4. The molecule has 0 saturated carbocycles. The van der Waals surface area contributed by atoms with Gasteiger partial charge in [0.1, 0.15) is 0 Å². The van der Waals surface area contributed by atoms with Gasteiger partial charge in [-0.1, -0.05) is 182 Å². The highest BCUT2D eigenvalue weighted by atomic mass is 14.2. The summed E-state index contributed by atoms with van der Waals surface area (Å²) in [6.07, 6.45) is 0. The van der Waals surface area contributed by atoms with Crippen molar-refractivity contribution in [1.29, 1.82) is 0 Å². The van der Waals surface area contributed by atoms with Gasteiger partial charge in [-0.2, -0.15) is 0 Å². The predicted octanol–water partition coefficient (Wildman–Crippen LogP) is 17.1. The van der Waals surface area contributed by atoms with Crippen molar-refractivity contribution in [1.82, 2.24) is 0 Å². The van der Waals surface area contributed by atoms with Gasteiger partial charge in [-0.25, -0.2) is 0 Å². The largest absolute Gasteiger partial charge is 0.0616 e. The first-order valence-corrected chi connectivity index (χ1v) is 20.9. The minimum absolute atomic E-state index is 1.23. The molecule has 60 heavy (non-hydrogen) atoms. The number of rotatable bonds is 3. The van der Waals surface area contributed by atoms with Crippen LogP contribution >= 0.6 is 0 Å². The fourth-order valence-electron chi connectivity index (χ4n) is 10.2. The fourth-order valence-corrected chi connectivity index (χ4v) is 10.2. The van der Waals surface area contributed by atoms with Crippen LogP contribution in [0.15, 0.2) is 218 Å². The van der Waals surface area contributed by atoms with Gasteiger partial charge < -0.3 is 0 Å². The van der Waals surface area contributed by atoms with Crippen LogP contribution < -0.4 is 0 Å². The molecule has 13 aromatic rings. The van der Waals surface area contributed by atoms with Crippen LogP contribution in [0.3, 0.4) is 0 Å². The fraction of sp³-hybridized carbons (Fsp3) is 0. The lowest BCUT2D eigenvalue weighted by Gasteiger charge is -2.18. The van der Waals surface area contributed by atoms with Gasteiger partial charge in [0.15, 0.2) is 0 Å². The molecule has 0 N–H and O–H groups in total. The summed E-state index contributed by atoms with van der Waals surface area (Å²) in [5, 5.41) is 23.0. The van der Waals surface area contributed by atoms with Crippen LogP contribution in [-0.2, 0) is 0 Å². The van der Waals surface area contributed by atoms with Crippen molar-refractivity contribution in [2.45, 2.75) is 0 Å². The van der Waals surface area contributed by atoms with E-state index in [0.717, 1.165) is 0 Å². The third-order valence-corrected chi connectivity index (χ3v) is 13.1. The Morgan fingerprint density at radius 3 is 1.30 bits per heavy atom. The van der Waals surface area contributed by atoms with Crippen LogP contribution in [0.4, 0.5) is 0 Å². The molecule has 0 bridgehead atoms. The van der Waals surface area contributed by atoms with Crippen LogP contribution in [0.25, 0.3) is 130 Å². The van der Waals surface area contributed by atoms with E-state index in [1.807, 2.05) is 0 Å². The summed E-state index contributed by atoms with van der Waals surface area (Å²) >= 11 is 0. The maximum atomic E-state index is 2.46. The molecule has 0 saturated heterocycles. The second kappa shape index (κ2) is 12.9. The number of benzene rings is 13. The lowest BCUT2D eigenvalue weighted by atomic mass is 9.85. The summed E-state index contributed by atoms with van der Waals surface area (Å²) in [6, 6.07) is 81.6. The zero-order valence-electron chi connectivity index (χ0n) is 32.8. The molecular weight excluding hydrogens is 721 g/mol. The van der Waals surface area contributed by atoms with E-state index >= 15 is 0 Å². The smallest absolute Gasteiger partial charge is 0.00201 e. The Bertz CT molecular complexity index is 3940. The normalized spacial score (nSPS) is 12.0. The van der Waals surface area contributed by atoms with Crippen LogP contribution in [0.2, 0.25) is 0 Å². The van der Waals surface area contributed by atoms with E-state index in [2.05, 4.69) is 218 Å². The predicted molar refractivity (Wildman–Crippen MR) is 260 cm³/mol. The van der Waals surface area contributed by atoms with Gasteiger partial charge in [0.25, 0.3) is 0 Å². The van der Waals surface area contributed by atoms with Crippen molar-refractivity contribution in [2.75, 3.05) is 0 Å². The molecular formula is C60H36. The third-order valence-electron chi connectivity index (χ3n) is 13.1. The average Bonchev–Trinajstić information content (AvgIpc) is 3.32. The van der Waals surface area contributed by atoms with Gasteiger partial charge in [-0.15, -0.1) is 0 Å². The minimum Gasteiger partial charge on any atom is -0.0616 e. The van der Waals surface area contributed by atoms with E-state index in [1.165, 1.54) is 130 Å². The van der Waals surface area contributed by atoms with E-state index in [9.17, 15) is 0 Å². The van der Waals surface area contributed by atoms with Gasteiger partial charge >= 0.3 is 0 Å². The molecule has 0 atom stereocenters. The van der Waals surface area contributed by atoms with Gasteiger partial charge in [0.05, 0.1) is 0 Å². The lowest BCUT2D eigenvalue weighted by molar-refractivity contribution is 1.67. The first kappa shape index (κ1) is 33.2. The quantitative estimate of drug-likeness (QED) is 0.158. The highest BCUT2D eigenvalue weighted by Crippen LogP contribution is 2.45. The standard InChI is InChI=1S/C60H36/c1-2-12-41-32-47(24-17-37(41)9-1)55-36-58-57(53-16-8-7-15-52(53)55)35-56(54-30-27-39-11-4-6-14-50(39)60(54)58)48-26-23-43-31-42(21-22-44(43)34-48)45-28-29-51-46(33-45)25-20-40-19-18-38-10-3-5-13-49(38)59(40)51/h1-36H. The molecule has 0 aliphatic rings. The summed E-state index contributed by atoms with van der Waals surface area (Å²) in [5.74, 6) is 0. The van der Waals surface area contributed by atoms with Crippen LogP contribution in [0, 0.1) is 0 Å². The molecule has 0 unspecified atom stereocenters. The second-order valence-electron chi connectivity index (χ2n) is 16.4. The number of fused-ring (bicyclic) bond motifs is 14. The summed E-state index contributed by atoms with van der Waals surface area (Å²) in [4.78, 5) is 0. The van der Waals surface area contributed by atoms with Crippen molar-refractivity contribution in [3.05, 3.63) is 218 Å². The first-order chi connectivity index (χ1) is 29.7. The first-order valence-electron chi connectivity index (χ1n) is 20.9. The molecule has 0 aliphatic carbocycles. The maximum absolute atomic E-state index is 2.46. The van der Waals surface area contributed by atoms with Crippen molar-refractivity contribution < 1.29 is 0 Å². The zero-order valence-corrected chi connectivity index (χ0v) is 32.8. The highest BCUT2D eigenvalue weighted by Gasteiger charge is 2.17. The molecule has 0 fully saturated rings. The average molecular weight is 757 g/mol. The molecule has 276 valence electrons. The van der Waals surface area contributed by atoms with Crippen molar-refractivity contribution in [3.63, 3.8) is 0 Å². The van der Waals surface area contributed by atoms with Crippen molar-refractivity contribution >= 4 is 97.0 Å². The van der Waals surface area contributed by atoms with Gasteiger partial charge in [-0.3, -0.25) is 0 Å². The van der Waals surface area contributed by atoms with Gasteiger partial charge in [0, 0.05) is 0 Å². The van der Waals surface area contributed by atoms with Crippen LogP contribution in [0.5, 0.6) is 0 Å². The molecule has 0 amide bonds. The van der Waals surface area contributed by atoms with Gasteiger partial charge in [0.2, 0.25) is 0 Å². The Labute approximate surface area is 347 Å². The minimum atomic E-state index is 1.23. The summed E-state index contributed by atoms with van der Waals surface area (Å²) < 4.78 is 0. The van der Waals surface area contributed by atoms with E-state index in [4.69, 9.17) is 0 Å². The van der Waals surface area contributed by atoms with Crippen molar-refractivity contribution in [2.24, 2.45) is 0 Å². The molecule has 0 radical (unpaired) electrons. The maximum Gasteiger partial charge on any atom is -0.00201 e. The molecule has 0 heterocycles. The Balaban J connectivity index is 0.982. The Morgan fingerprint density at radius 2 is 0.567 bits per heavy atom. The summed E-state index contributed by atoms with van der Waals surface area (Å²) in [5.41, 5.74) is 7.45. The molecule has 0 heteroatoms. The Kier molecular flexibility index (Phi) is 7.11. The van der Waals surface area contributed by atoms with Crippen molar-refractivity contribution in [3.8, 4) is 33.4 Å². The van der Waals surface area contributed by atoms with E-state index < -0.39 is 0 Å². The van der Waals surface area contributed by atoms with Gasteiger partial charge in [-0.05, 0) is 167 Å². The van der Waals surface area contributed by atoms with E-state index in [1.54, 1.807) is 0 Å². The van der Waals surface area contributed by atoms with E-state index in [-0.39, 0.29) is 0 Å². The molecule has 13 rings (SSSR count). The Morgan fingerprint density at radius 1 is 0.167 bits per heavy atom. The molecule has 0 aromatic heterocycles. The zero-order chi connectivity index (χ0) is 39.3. The Hall–Kier alpha value is -7.80. The molecule has 0 aliphatic heterocycles.